The molecule has 2 aliphatic rings. The Balaban J connectivity index is 2.11. The Bertz CT molecular complexity index is 225. The molecule has 1 fully saturated rings. The molecule has 1 saturated heterocycles. The zero-order valence-corrected chi connectivity index (χ0v) is 7.07. The van der Waals surface area contributed by atoms with Gasteiger partial charge in [-0.1, -0.05) is 12.2 Å². The number of urea groups is 1. The van der Waals surface area contributed by atoms with Crippen molar-refractivity contribution in [2.45, 2.75) is 25.3 Å². The summed E-state index contributed by atoms with van der Waals surface area (Å²) in [5.41, 5.74) is 5.27. The van der Waals surface area contributed by atoms with Crippen LogP contribution in [0.5, 0.6) is 0 Å². The molecule has 12 heavy (non-hydrogen) atoms. The van der Waals surface area contributed by atoms with Gasteiger partial charge in [-0.2, -0.15) is 0 Å². The second-order valence-electron chi connectivity index (χ2n) is 3.63. The number of likely N-dealkylation sites (tertiary alicyclic amines) is 1. The van der Waals surface area contributed by atoms with Gasteiger partial charge in [0.1, 0.15) is 0 Å². The molecule has 0 aromatic heterocycles. The van der Waals surface area contributed by atoms with E-state index in [1.165, 1.54) is 0 Å². The summed E-state index contributed by atoms with van der Waals surface area (Å²) in [6, 6.07) is 0.125. The van der Waals surface area contributed by atoms with Crippen molar-refractivity contribution in [2.24, 2.45) is 11.7 Å². The van der Waals surface area contributed by atoms with E-state index in [0.717, 1.165) is 25.8 Å². The van der Waals surface area contributed by atoms with E-state index in [1.54, 1.807) is 4.90 Å². The number of hydrogen-bond donors (Lipinski definition) is 1. The largest absolute Gasteiger partial charge is 0.351 e. The first kappa shape index (κ1) is 7.65. The van der Waals surface area contributed by atoms with Gasteiger partial charge in [-0.15, -0.1) is 0 Å². The van der Waals surface area contributed by atoms with E-state index in [2.05, 4.69) is 12.2 Å². The first-order valence-electron chi connectivity index (χ1n) is 4.50. The van der Waals surface area contributed by atoms with Crippen LogP contribution in [0.1, 0.15) is 19.3 Å². The van der Waals surface area contributed by atoms with E-state index in [9.17, 15) is 4.79 Å². The molecule has 0 radical (unpaired) electrons. The molecule has 0 unspecified atom stereocenters. The van der Waals surface area contributed by atoms with Crippen molar-refractivity contribution in [2.75, 3.05) is 6.54 Å². The Labute approximate surface area is 72.2 Å². The number of carbonyl (C=O) groups is 1. The van der Waals surface area contributed by atoms with Gasteiger partial charge in [-0.05, 0) is 25.2 Å². The Morgan fingerprint density at radius 3 is 3.17 bits per heavy atom. The van der Waals surface area contributed by atoms with E-state index in [1.807, 2.05) is 0 Å². The third-order valence-corrected chi connectivity index (χ3v) is 2.86. The van der Waals surface area contributed by atoms with Gasteiger partial charge >= 0.3 is 6.03 Å². The second-order valence-corrected chi connectivity index (χ2v) is 3.63. The van der Waals surface area contributed by atoms with Crippen molar-refractivity contribution in [3.8, 4) is 0 Å². The van der Waals surface area contributed by atoms with Crippen LogP contribution in [0.4, 0.5) is 4.79 Å². The highest BCUT2D eigenvalue weighted by Crippen LogP contribution is 2.29. The van der Waals surface area contributed by atoms with Crippen LogP contribution < -0.4 is 5.73 Å². The summed E-state index contributed by atoms with van der Waals surface area (Å²) in [7, 11) is 0. The molecule has 66 valence electrons. The number of piperidine rings is 1. The van der Waals surface area contributed by atoms with Crippen molar-refractivity contribution in [3.05, 3.63) is 12.2 Å². The molecular formula is C9H14N2O. The zero-order valence-electron chi connectivity index (χ0n) is 7.07. The Kier molecular flexibility index (Phi) is 1.79. The smallest absolute Gasteiger partial charge is 0.315 e. The SMILES string of the molecule is NC(=O)N1CC[C@H]2C=CC[C@@H]1C2. The molecule has 0 aromatic carbocycles. The van der Waals surface area contributed by atoms with Gasteiger partial charge in [0, 0.05) is 12.6 Å². The molecule has 0 spiro atoms. The number of nitrogens with two attached hydrogens (primary N) is 1. The minimum absolute atomic E-state index is 0.256. The topological polar surface area (TPSA) is 46.3 Å². The lowest BCUT2D eigenvalue weighted by atomic mass is 9.85. The summed E-state index contributed by atoms with van der Waals surface area (Å²) < 4.78 is 0. The predicted molar refractivity (Wildman–Crippen MR) is 46.6 cm³/mol. The number of nitrogens with zero attached hydrogens (tertiary/aromatic N) is 1. The van der Waals surface area contributed by atoms with Crippen molar-refractivity contribution >= 4 is 6.03 Å². The zero-order chi connectivity index (χ0) is 8.55. The number of primary amides is 1. The summed E-state index contributed by atoms with van der Waals surface area (Å²) in [5, 5.41) is 0. The molecule has 3 nitrogen and oxygen atoms in total. The van der Waals surface area contributed by atoms with Crippen molar-refractivity contribution < 1.29 is 4.79 Å². The molecule has 2 bridgehead atoms. The molecule has 0 aromatic rings. The number of allylic oxidation sites excluding steroid dienone is 1. The molecular weight excluding hydrogens is 152 g/mol. The van der Waals surface area contributed by atoms with Crippen LogP contribution in [0.2, 0.25) is 0 Å². The third-order valence-electron chi connectivity index (χ3n) is 2.86. The summed E-state index contributed by atoms with van der Waals surface area (Å²) >= 11 is 0. The van der Waals surface area contributed by atoms with Crippen LogP contribution in [0.15, 0.2) is 12.2 Å². The monoisotopic (exact) mass is 166 g/mol. The average molecular weight is 166 g/mol. The van der Waals surface area contributed by atoms with E-state index in [4.69, 9.17) is 5.73 Å². The molecule has 1 aliphatic carbocycles. The van der Waals surface area contributed by atoms with Crippen molar-refractivity contribution in [3.63, 3.8) is 0 Å². The summed E-state index contributed by atoms with van der Waals surface area (Å²) in [5.74, 6) is 0.694. The summed E-state index contributed by atoms with van der Waals surface area (Å²) in [6.45, 7) is 0.842. The van der Waals surface area contributed by atoms with Crippen LogP contribution in [0.25, 0.3) is 0 Å². The average Bonchev–Trinajstić information content (AvgIpc) is 2.04. The molecule has 2 atom stereocenters. The van der Waals surface area contributed by atoms with Gasteiger partial charge in [-0.25, -0.2) is 4.79 Å². The number of hydrogen-bond acceptors (Lipinski definition) is 1. The van der Waals surface area contributed by atoms with Crippen LogP contribution in [0, 0.1) is 5.92 Å². The van der Waals surface area contributed by atoms with E-state index < -0.39 is 0 Å². The van der Waals surface area contributed by atoms with Crippen molar-refractivity contribution in [1.29, 1.82) is 0 Å². The fourth-order valence-electron chi connectivity index (χ4n) is 2.20. The predicted octanol–water partition coefficient (Wildman–Crippen LogP) is 1.11. The Hall–Kier alpha value is -0.990. The molecule has 0 saturated carbocycles. The lowest BCUT2D eigenvalue weighted by Crippen LogP contribution is -2.49. The second kappa shape index (κ2) is 2.81. The van der Waals surface area contributed by atoms with Gasteiger partial charge in [0.2, 0.25) is 0 Å². The van der Waals surface area contributed by atoms with Gasteiger partial charge < -0.3 is 10.6 Å². The van der Waals surface area contributed by atoms with E-state index >= 15 is 0 Å². The first-order valence-corrected chi connectivity index (χ1v) is 4.50. The fraction of sp³-hybridized carbons (Fsp3) is 0.667. The minimum Gasteiger partial charge on any atom is -0.351 e. The first-order chi connectivity index (χ1) is 5.77. The Morgan fingerprint density at radius 1 is 1.58 bits per heavy atom. The molecule has 1 heterocycles. The number of fused-ring (bicyclic) bond motifs is 2. The van der Waals surface area contributed by atoms with Gasteiger partial charge in [-0.3, -0.25) is 0 Å². The lowest BCUT2D eigenvalue weighted by Gasteiger charge is -2.39. The van der Waals surface area contributed by atoms with Crippen molar-refractivity contribution in [1.82, 2.24) is 4.90 Å². The van der Waals surface area contributed by atoms with Gasteiger partial charge in [0.25, 0.3) is 0 Å². The molecule has 2 amide bonds. The normalized spacial score (nSPS) is 33.5. The highest BCUT2D eigenvalue weighted by Gasteiger charge is 2.30. The van der Waals surface area contributed by atoms with E-state index in [-0.39, 0.29) is 6.03 Å². The maximum absolute atomic E-state index is 11.0. The van der Waals surface area contributed by atoms with Crippen LogP contribution in [-0.2, 0) is 0 Å². The van der Waals surface area contributed by atoms with Crippen LogP contribution in [-0.4, -0.2) is 23.5 Å². The lowest BCUT2D eigenvalue weighted by molar-refractivity contribution is 0.141. The quantitative estimate of drug-likeness (QED) is 0.538. The third kappa shape index (κ3) is 1.19. The summed E-state index contributed by atoms with van der Waals surface area (Å²) in [6.07, 6.45) is 7.62. The van der Waals surface area contributed by atoms with Gasteiger partial charge in [0.05, 0.1) is 0 Å². The van der Waals surface area contributed by atoms with Crippen LogP contribution in [0.3, 0.4) is 0 Å². The highest BCUT2D eigenvalue weighted by atomic mass is 16.2. The minimum atomic E-state index is -0.256. The maximum atomic E-state index is 11.0. The molecule has 2 rings (SSSR count). The summed E-state index contributed by atoms with van der Waals surface area (Å²) in [4.78, 5) is 12.8. The van der Waals surface area contributed by atoms with E-state index in [0.29, 0.717) is 12.0 Å². The molecule has 1 aliphatic heterocycles. The standard InChI is InChI=1S/C9H14N2O/c10-9(12)11-5-4-7-2-1-3-8(11)6-7/h1-2,7-8H,3-6H2,(H2,10,12)/t7-,8-/m1/s1. The molecule has 3 heteroatoms. The number of rotatable bonds is 0. The maximum Gasteiger partial charge on any atom is 0.315 e. The number of carbonyl (C=O) groups excluding carboxylic acids is 1. The van der Waals surface area contributed by atoms with Gasteiger partial charge in [0.15, 0.2) is 0 Å². The number of amides is 2. The van der Waals surface area contributed by atoms with Crippen LogP contribution >= 0.6 is 0 Å². The fourth-order valence-corrected chi connectivity index (χ4v) is 2.20. The highest BCUT2D eigenvalue weighted by molar-refractivity contribution is 5.72. The Morgan fingerprint density at radius 2 is 2.42 bits per heavy atom. The molecule has 2 N–H and O–H groups in total.